The molecule has 1 aromatic rings. The molecule has 20 heavy (non-hydrogen) atoms. The Kier molecular flexibility index (Phi) is 3.14. The van der Waals surface area contributed by atoms with Crippen molar-refractivity contribution >= 4 is 7.12 Å². The first-order valence-electron chi connectivity index (χ1n) is 7.34. The molecule has 1 aliphatic heterocycles. The molecule has 0 radical (unpaired) electrons. The molecule has 1 saturated heterocycles. The molecule has 4 heteroatoms. The molecule has 108 valence electrons. The average molecular weight is 274 g/mol. The monoisotopic (exact) mass is 274 g/mol. The second-order valence-corrected chi connectivity index (χ2v) is 6.87. The lowest BCUT2D eigenvalue weighted by molar-refractivity contribution is 0.00578. The Bertz CT molecular complexity index is 496. The number of hydrogen-bond donors (Lipinski definition) is 0. The quantitative estimate of drug-likeness (QED) is 0.787. The molecule has 0 spiro atoms. The smallest absolute Gasteiger partial charge is 0.461 e. The van der Waals surface area contributed by atoms with E-state index in [0.29, 0.717) is 11.7 Å². The van der Waals surface area contributed by atoms with Crippen molar-refractivity contribution in [2.24, 2.45) is 0 Å². The van der Waals surface area contributed by atoms with Crippen LogP contribution in [-0.4, -0.2) is 25.4 Å². The van der Waals surface area contributed by atoms with Crippen LogP contribution in [0.5, 0.6) is 5.75 Å². The Hall–Kier alpha value is -0.995. The van der Waals surface area contributed by atoms with Gasteiger partial charge in [-0.25, -0.2) is 0 Å². The zero-order valence-electron chi connectivity index (χ0n) is 13.0. The van der Waals surface area contributed by atoms with Crippen LogP contribution in [-0.2, 0) is 9.31 Å². The van der Waals surface area contributed by atoms with Gasteiger partial charge in [0.05, 0.1) is 18.3 Å². The van der Waals surface area contributed by atoms with Crippen LogP contribution in [0.4, 0.5) is 0 Å². The zero-order valence-corrected chi connectivity index (χ0v) is 13.0. The summed E-state index contributed by atoms with van der Waals surface area (Å²) in [6, 6.07) is 8.25. The standard InChI is InChI=1S/C16H23BO3/c1-15(2)16(3,4)20-17(19-15)13-10-12(13)11-8-6-7-9-14(11)18-5/h6-9,12-13H,10H2,1-5H3/t12-,13-/m1/s1. The summed E-state index contributed by atoms with van der Waals surface area (Å²) >= 11 is 0. The van der Waals surface area contributed by atoms with Crippen molar-refractivity contribution in [3.05, 3.63) is 29.8 Å². The first-order chi connectivity index (χ1) is 9.36. The van der Waals surface area contributed by atoms with Gasteiger partial charge in [-0.3, -0.25) is 0 Å². The van der Waals surface area contributed by atoms with Crippen LogP contribution >= 0.6 is 0 Å². The van der Waals surface area contributed by atoms with Crippen molar-refractivity contribution in [1.29, 1.82) is 0 Å². The minimum absolute atomic E-state index is 0.102. The molecule has 0 aromatic heterocycles. The lowest BCUT2D eigenvalue weighted by Crippen LogP contribution is -2.41. The molecule has 3 rings (SSSR count). The van der Waals surface area contributed by atoms with Crippen molar-refractivity contribution in [3.8, 4) is 5.75 Å². The van der Waals surface area contributed by atoms with Gasteiger partial charge in [0.2, 0.25) is 0 Å². The molecule has 1 aromatic carbocycles. The molecule has 1 heterocycles. The van der Waals surface area contributed by atoms with Gasteiger partial charge in [-0.05, 0) is 51.7 Å². The van der Waals surface area contributed by atoms with E-state index in [9.17, 15) is 0 Å². The molecule has 2 fully saturated rings. The summed E-state index contributed by atoms with van der Waals surface area (Å²) in [5.41, 5.74) is 0.784. The Morgan fingerprint density at radius 3 is 2.30 bits per heavy atom. The fraction of sp³-hybridized carbons (Fsp3) is 0.625. The lowest BCUT2D eigenvalue weighted by Gasteiger charge is -2.32. The van der Waals surface area contributed by atoms with E-state index >= 15 is 0 Å². The minimum atomic E-state index is -0.244. The van der Waals surface area contributed by atoms with Crippen LogP contribution in [0.25, 0.3) is 0 Å². The third-order valence-corrected chi connectivity index (χ3v) is 5.00. The van der Waals surface area contributed by atoms with E-state index in [0.717, 1.165) is 12.2 Å². The van der Waals surface area contributed by atoms with E-state index in [2.05, 4.69) is 39.8 Å². The lowest BCUT2D eigenvalue weighted by atomic mass is 9.79. The van der Waals surface area contributed by atoms with Gasteiger partial charge < -0.3 is 14.0 Å². The molecule has 1 aliphatic carbocycles. The first kappa shape index (κ1) is 14.0. The van der Waals surface area contributed by atoms with Gasteiger partial charge in [-0.2, -0.15) is 0 Å². The predicted molar refractivity (Wildman–Crippen MR) is 80.2 cm³/mol. The van der Waals surface area contributed by atoms with E-state index in [1.807, 2.05) is 12.1 Å². The van der Waals surface area contributed by atoms with Crippen molar-refractivity contribution in [3.63, 3.8) is 0 Å². The molecule has 3 nitrogen and oxygen atoms in total. The Labute approximate surface area is 121 Å². The van der Waals surface area contributed by atoms with Crippen LogP contribution < -0.4 is 4.74 Å². The second-order valence-electron chi connectivity index (χ2n) is 6.87. The molecule has 0 N–H and O–H groups in total. The molecule has 2 atom stereocenters. The van der Waals surface area contributed by atoms with Gasteiger partial charge >= 0.3 is 7.12 Å². The highest BCUT2D eigenvalue weighted by Crippen LogP contribution is 2.59. The van der Waals surface area contributed by atoms with E-state index in [-0.39, 0.29) is 18.3 Å². The summed E-state index contributed by atoms with van der Waals surface area (Å²) in [5.74, 6) is 1.89. The van der Waals surface area contributed by atoms with Crippen molar-refractivity contribution in [2.45, 2.75) is 57.1 Å². The Morgan fingerprint density at radius 1 is 1.10 bits per heavy atom. The third-order valence-electron chi connectivity index (χ3n) is 5.00. The number of benzene rings is 1. The number of rotatable bonds is 3. The fourth-order valence-corrected chi connectivity index (χ4v) is 2.91. The SMILES string of the molecule is COc1ccccc1[C@H]1C[C@H]1B1OC(C)(C)C(C)(C)O1. The normalized spacial score (nSPS) is 30.4. The van der Waals surface area contributed by atoms with Crippen LogP contribution in [0.1, 0.15) is 45.6 Å². The minimum Gasteiger partial charge on any atom is -0.496 e. The van der Waals surface area contributed by atoms with Crippen LogP contribution in [0.2, 0.25) is 5.82 Å². The Balaban J connectivity index is 1.75. The van der Waals surface area contributed by atoms with Crippen molar-refractivity contribution < 1.29 is 14.0 Å². The van der Waals surface area contributed by atoms with Gasteiger partial charge in [0, 0.05) is 5.82 Å². The Morgan fingerprint density at radius 2 is 1.70 bits per heavy atom. The summed E-state index contributed by atoms with van der Waals surface area (Å²) in [6.07, 6.45) is 1.11. The molecule has 0 bridgehead atoms. The highest BCUT2D eigenvalue weighted by molar-refractivity contribution is 6.49. The summed E-state index contributed by atoms with van der Waals surface area (Å²) in [6.45, 7) is 8.42. The molecule has 0 amide bonds. The van der Waals surface area contributed by atoms with E-state index in [1.54, 1.807) is 7.11 Å². The number of ether oxygens (including phenoxy) is 1. The van der Waals surface area contributed by atoms with Gasteiger partial charge in [0.15, 0.2) is 0 Å². The summed E-state index contributed by atoms with van der Waals surface area (Å²) in [7, 11) is 1.63. The number of methoxy groups -OCH3 is 1. The fourth-order valence-electron chi connectivity index (χ4n) is 2.91. The zero-order chi connectivity index (χ0) is 14.5. The first-order valence-corrected chi connectivity index (χ1v) is 7.34. The van der Waals surface area contributed by atoms with Crippen LogP contribution in [0, 0.1) is 0 Å². The highest BCUT2D eigenvalue weighted by Gasteiger charge is 2.60. The van der Waals surface area contributed by atoms with E-state index in [4.69, 9.17) is 14.0 Å². The topological polar surface area (TPSA) is 27.7 Å². The van der Waals surface area contributed by atoms with Gasteiger partial charge in [-0.15, -0.1) is 0 Å². The number of para-hydroxylation sites is 1. The molecular formula is C16H23BO3. The molecule has 2 aliphatic rings. The second kappa shape index (κ2) is 4.50. The molecule has 1 saturated carbocycles. The average Bonchev–Trinajstić information content (AvgIpc) is 3.13. The summed E-state index contributed by atoms with van der Waals surface area (Å²) in [5, 5.41) is 0. The maximum absolute atomic E-state index is 6.15. The predicted octanol–water partition coefficient (Wildman–Crippen LogP) is 3.64. The van der Waals surface area contributed by atoms with Crippen molar-refractivity contribution in [1.82, 2.24) is 0 Å². The van der Waals surface area contributed by atoms with Crippen LogP contribution in [0.3, 0.4) is 0 Å². The largest absolute Gasteiger partial charge is 0.496 e. The highest BCUT2D eigenvalue weighted by atomic mass is 16.7. The maximum atomic E-state index is 6.15. The maximum Gasteiger partial charge on any atom is 0.461 e. The third kappa shape index (κ3) is 2.15. The summed E-state index contributed by atoms with van der Waals surface area (Å²) in [4.78, 5) is 0. The van der Waals surface area contributed by atoms with E-state index in [1.165, 1.54) is 5.56 Å². The molecular weight excluding hydrogens is 251 g/mol. The van der Waals surface area contributed by atoms with Crippen LogP contribution in [0.15, 0.2) is 24.3 Å². The van der Waals surface area contributed by atoms with Crippen molar-refractivity contribution in [2.75, 3.05) is 7.11 Å². The molecule has 0 unspecified atom stereocenters. The van der Waals surface area contributed by atoms with Gasteiger partial charge in [-0.1, -0.05) is 18.2 Å². The van der Waals surface area contributed by atoms with Gasteiger partial charge in [0.1, 0.15) is 5.75 Å². The summed E-state index contributed by atoms with van der Waals surface area (Å²) < 4.78 is 17.8. The number of hydrogen-bond acceptors (Lipinski definition) is 3. The van der Waals surface area contributed by atoms with E-state index < -0.39 is 0 Å². The van der Waals surface area contributed by atoms with Gasteiger partial charge in [0.25, 0.3) is 0 Å².